The molecule has 0 saturated carbocycles. The van der Waals surface area contributed by atoms with Crippen LogP contribution < -0.4 is 5.32 Å². The van der Waals surface area contributed by atoms with Gasteiger partial charge in [0.1, 0.15) is 0 Å². The predicted octanol–water partition coefficient (Wildman–Crippen LogP) is 2.57. The fraction of sp³-hybridized carbons (Fsp3) is 0.500. The van der Waals surface area contributed by atoms with E-state index in [0.29, 0.717) is 25.1 Å². The Balaban J connectivity index is 2.30. The van der Waals surface area contributed by atoms with E-state index in [4.69, 9.17) is 4.74 Å². The van der Waals surface area contributed by atoms with Gasteiger partial charge in [0.05, 0.1) is 18.6 Å². The Morgan fingerprint density at radius 2 is 2.15 bits per heavy atom. The van der Waals surface area contributed by atoms with Crippen LogP contribution in [0.2, 0.25) is 0 Å². The van der Waals surface area contributed by atoms with Crippen molar-refractivity contribution in [1.82, 2.24) is 5.32 Å². The molecular weight excluding hydrogens is 271 g/mol. The van der Waals surface area contributed by atoms with Crippen LogP contribution in [-0.4, -0.2) is 26.2 Å². The Bertz CT molecular complexity index is 488. The molecule has 0 amide bonds. The van der Waals surface area contributed by atoms with Gasteiger partial charge in [-0.2, -0.15) is 13.2 Å². The van der Waals surface area contributed by atoms with E-state index >= 15 is 0 Å². The normalized spacial score (nSPS) is 23.4. The number of carbonyl (C=O) groups is 1. The first kappa shape index (κ1) is 14.8. The number of carbonyl (C=O) groups excluding carboxylic acids is 1. The number of rotatable bonds is 2. The molecule has 110 valence electrons. The van der Waals surface area contributed by atoms with Gasteiger partial charge >= 0.3 is 12.1 Å². The summed E-state index contributed by atoms with van der Waals surface area (Å²) >= 11 is 0. The number of benzene rings is 1. The van der Waals surface area contributed by atoms with Gasteiger partial charge < -0.3 is 10.1 Å². The van der Waals surface area contributed by atoms with Crippen molar-refractivity contribution < 1.29 is 22.7 Å². The molecule has 0 aliphatic carbocycles. The highest BCUT2D eigenvalue weighted by Gasteiger charge is 2.35. The number of methoxy groups -OCH3 is 1. The van der Waals surface area contributed by atoms with E-state index < -0.39 is 17.7 Å². The minimum atomic E-state index is -4.37. The molecule has 1 N–H and O–H groups in total. The molecular formula is C14H16F3NO2. The van der Waals surface area contributed by atoms with E-state index in [1.807, 2.05) is 0 Å². The minimum Gasteiger partial charge on any atom is -0.469 e. The summed E-state index contributed by atoms with van der Waals surface area (Å²) in [6.07, 6.45) is -3.76. The highest BCUT2D eigenvalue weighted by atomic mass is 19.4. The lowest BCUT2D eigenvalue weighted by molar-refractivity contribution is -0.146. The minimum absolute atomic E-state index is 0.244. The van der Waals surface area contributed by atoms with Gasteiger partial charge in [-0.05, 0) is 30.5 Å². The van der Waals surface area contributed by atoms with E-state index in [-0.39, 0.29) is 11.9 Å². The number of alkyl halides is 3. The lowest BCUT2D eigenvalue weighted by Crippen LogP contribution is -2.40. The zero-order valence-corrected chi connectivity index (χ0v) is 11.0. The molecule has 1 aliphatic heterocycles. The van der Waals surface area contributed by atoms with Crippen molar-refractivity contribution in [1.29, 1.82) is 0 Å². The highest BCUT2D eigenvalue weighted by Crippen LogP contribution is 2.35. The fourth-order valence-corrected chi connectivity index (χ4v) is 2.60. The van der Waals surface area contributed by atoms with Crippen LogP contribution >= 0.6 is 0 Å². The molecule has 3 nitrogen and oxygen atoms in total. The van der Waals surface area contributed by atoms with Crippen molar-refractivity contribution >= 4 is 5.97 Å². The van der Waals surface area contributed by atoms with Gasteiger partial charge in [0, 0.05) is 6.54 Å². The second-order valence-electron chi connectivity index (χ2n) is 4.85. The molecule has 2 unspecified atom stereocenters. The number of hydrogen-bond acceptors (Lipinski definition) is 3. The highest BCUT2D eigenvalue weighted by molar-refractivity contribution is 5.74. The first-order chi connectivity index (χ1) is 9.43. The third kappa shape index (κ3) is 3.12. The van der Waals surface area contributed by atoms with Gasteiger partial charge in [0.2, 0.25) is 0 Å². The van der Waals surface area contributed by atoms with Crippen LogP contribution in [0.4, 0.5) is 13.2 Å². The zero-order valence-electron chi connectivity index (χ0n) is 11.0. The Morgan fingerprint density at radius 3 is 2.80 bits per heavy atom. The van der Waals surface area contributed by atoms with Crippen LogP contribution in [0.3, 0.4) is 0 Å². The molecule has 1 aromatic rings. The van der Waals surface area contributed by atoms with E-state index in [1.54, 1.807) is 6.07 Å². The smallest absolute Gasteiger partial charge is 0.416 e. The first-order valence-corrected chi connectivity index (χ1v) is 6.39. The molecule has 2 atom stereocenters. The Morgan fingerprint density at radius 1 is 1.40 bits per heavy atom. The number of ether oxygens (including phenoxy) is 1. The van der Waals surface area contributed by atoms with Crippen LogP contribution in [0.5, 0.6) is 0 Å². The standard InChI is InChI=1S/C14H16F3NO2/c1-20-13(19)12-8-18-6-5-11(12)9-3-2-4-10(7-9)14(15,16)17/h2-4,7,11-12,18H,5-6,8H2,1H3. The van der Waals surface area contributed by atoms with E-state index in [2.05, 4.69) is 5.32 Å². The molecule has 2 rings (SSSR count). The maximum atomic E-state index is 12.8. The lowest BCUT2D eigenvalue weighted by Gasteiger charge is -2.30. The second kappa shape index (κ2) is 5.83. The lowest BCUT2D eigenvalue weighted by atomic mass is 9.80. The predicted molar refractivity (Wildman–Crippen MR) is 67.2 cm³/mol. The summed E-state index contributed by atoms with van der Waals surface area (Å²) in [6, 6.07) is 5.19. The molecule has 1 aromatic carbocycles. The summed E-state index contributed by atoms with van der Waals surface area (Å²) in [5.41, 5.74) is -0.145. The van der Waals surface area contributed by atoms with Crippen LogP contribution in [0.1, 0.15) is 23.5 Å². The molecule has 20 heavy (non-hydrogen) atoms. The number of hydrogen-bond donors (Lipinski definition) is 1. The Hall–Kier alpha value is -1.56. The third-order valence-corrected chi connectivity index (χ3v) is 3.63. The molecule has 0 spiro atoms. The quantitative estimate of drug-likeness (QED) is 0.850. The van der Waals surface area contributed by atoms with Gasteiger partial charge in [-0.25, -0.2) is 0 Å². The zero-order chi connectivity index (χ0) is 14.8. The van der Waals surface area contributed by atoms with Gasteiger partial charge in [0.25, 0.3) is 0 Å². The molecule has 1 fully saturated rings. The molecule has 1 heterocycles. The van der Waals surface area contributed by atoms with E-state index in [1.165, 1.54) is 13.2 Å². The van der Waals surface area contributed by atoms with Crippen LogP contribution in [-0.2, 0) is 15.7 Å². The third-order valence-electron chi connectivity index (χ3n) is 3.63. The molecule has 1 saturated heterocycles. The topological polar surface area (TPSA) is 38.3 Å². The van der Waals surface area contributed by atoms with Crippen LogP contribution in [0.15, 0.2) is 24.3 Å². The van der Waals surface area contributed by atoms with E-state index in [9.17, 15) is 18.0 Å². The van der Waals surface area contributed by atoms with Gasteiger partial charge in [-0.1, -0.05) is 18.2 Å². The van der Waals surface area contributed by atoms with Crippen molar-refractivity contribution in [3.63, 3.8) is 0 Å². The number of halogens is 3. The largest absolute Gasteiger partial charge is 0.469 e. The van der Waals surface area contributed by atoms with Gasteiger partial charge in [-0.15, -0.1) is 0 Å². The van der Waals surface area contributed by atoms with E-state index in [0.717, 1.165) is 12.1 Å². The summed E-state index contributed by atoms with van der Waals surface area (Å²) in [7, 11) is 1.29. The Kier molecular flexibility index (Phi) is 4.32. The van der Waals surface area contributed by atoms with Crippen LogP contribution in [0, 0.1) is 5.92 Å². The van der Waals surface area contributed by atoms with Crippen molar-refractivity contribution in [2.45, 2.75) is 18.5 Å². The maximum Gasteiger partial charge on any atom is 0.416 e. The molecule has 1 aliphatic rings. The van der Waals surface area contributed by atoms with Crippen molar-refractivity contribution in [3.8, 4) is 0 Å². The average molecular weight is 287 g/mol. The number of esters is 1. The SMILES string of the molecule is COC(=O)C1CNCCC1c1cccc(C(F)(F)F)c1. The summed E-state index contributed by atoms with van der Waals surface area (Å²) in [5.74, 6) is -1.08. The monoisotopic (exact) mass is 287 g/mol. The molecule has 0 bridgehead atoms. The number of piperidine rings is 1. The molecule has 0 radical (unpaired) electrons. The van der Waals surface area contributed by atoms with Gasteiger partial charge in [0.15, 0.2) is 0 Å². The Labute approximate surface area is 115 Å². The summed E-state index contributed by atoms with van der Waals surface area (Å²) < 4.78 is 43.0. The molecule has 6 heteroatoms. The number of nitrogens with one attached hydrogen (secondary N) is 1. The summed E-state index contributed by atoms with van der Waals surface area (Å²) in [6.45, 7) is 1.10. The van der Waals surface area contributed by atoms with Crippen molar-refractivity contribution in [3.05, 3.63) is 35.4 Å². The van der Waals surface area contributed by atoms with Gasteiger partial charge in [-0.3, -0.25) is 4.79 Å². The molecule has 0 aromatic heterocycles. The van der Waals surface area contributed by atoms with Crippen molar-refractivity contribution in [2.75, 3.05) is 20.2 Å². The maximum absolute atomic E-state index is 12.8. The fourth-order valence-electron chi connectivity index (χ4n) is 2.60. The van der Waals surface area contributed by atoms with Crippen LogP contribution in [0.25, 0.3) is 0 Å². The summed E-state index contributed by atoms with van der Waals surface area (Å²) in [5, 5.41) is 3.07. The second-order valence-corrected chi connectivity index (χ2v) is 4.85. The average Bonchev–Trinajstić information content (AvgIpc) is 2.45. The summed E-state index contributed by atoms with van der Waals surface area (Å²) in [4.78, 5) is 11.7. The van der Waals surface area contributed by atoms with Crippen molar-refractivity contribution in [2.24, 2.45) is 5.92 Å². The first-order valence-electron chi connectivity index (χ1n) is 6.39.